The van der Waals surface area contributed by atoms with E-state index < -0.39 is 37.5 Å². The lowest BCUT2D eigenvalue weighted by atomic mass is 10.1. The summed E-state index contributed by atoms with van der Waals surface area (Å²) in [7, 11) is -4.25. The van der Waals surface area contributed by atoms with E-state index in [-0.39, 0.29) is 12.7 Å². The number of phosphoric acid groups is 1. The molecule has 30 heavy (non-hydrogen) atoms. The molecular formula is C18H32N5O6P. The minimum atomic E-state index is -4.25. The fourth-order valence-corrected chi connectivity index (χ4v) is 4.43. The first kappa shape index (κ1) is 23.3. The standard InChI is InChI=1S/C18H32N5O6P/c1-17(2,3)28-11-7-13(23-10-22-14-15(19)20-9-21-16(14)23)27-12(11)8-26-30(24,25)29-18(4,5)6/h9-13,15H,7-8,19H2,1-6H3,(H,20,21)(H,24,25)/t11?,12?,13-,15?/m1/s1. The number of hydrogen-bond donors (Lipinski definition) is 3. The number of rotatable bonds is 6. The van der Waals surface area contributed by atoms with Crippen LogP contribution in [0.4, 0.5) is 5.82 Å². The molecule has 0 saturated carbocycles. The van der Waals surface area contributed by atoms with Gasteiger partial charge >= 0.3 is 7.82 Å². The molecule has 3 heterocycles. The second-order valence-electron chi connectivity index (χ2n) is 9.35. The van der Waals surface area contributed by atoms with E-state index in [0.29, 0.717) is 17.9 Å². The van der Waals surface area contributed by atoms with E-state index in [9.17, 15) is 9.46 Å². The van der Waals surface area contributed by atoms with Crippen LogP contribution in [0.25, 0.3) is 0 Å². The van der Waals surface area contributed by atoms with Gasteiger partial charge in [0, 0.05) is 6.42 Å². The number of hydrogen-bond acceptors (Lipinski definition) is 9. The molecule has 0 bridgehead atoms. The predicted molar refractivity (Wildman–Crippen MR) is 111 cm³/mol. The van der Waals surface area contributed by atoms with Gasteiger partial charge < -0.3 is 25.4 Å². The van der Waals surface area contributed by atoms with Gasteiger partial charge in [-0.3, -0.25) is 18.6 Å². The van der Waals surface area contributed by atoms with Crippen molar-refractivity contribution >= 4 is 20.0 Å². The summed E-state index contributed by atoms with van der Waals surface area (Å²) in [5.74, 6) is 0.697. The van der Waals surface area contributed by atoms with Gasteiger partial charge in [-0.15, -0.1) is 0 Å². The topological polar surface area (TPSA) is 142 Å². The third kappa shape index (κ3) is 5.88. The molecule has 1 aromatic heterocycles. The van der Waals surface area contributed by atoms with Crippen LogP contribution < -0.4 is 11.1 Å². The molecule has 0 amide bonds. The van der Waals surface area contributed by atoms with Gasteiger partial charge in [0.1, 0.15) is 30.0 Å². The molecular weight excluding hydrogens is 413 g/mol. The number of imidazole rings is 1. The molecule has 11 nitrogen and oxygen atoms in total. The Morgan fingerprint density at radius 3 is 2.67 bits per heavy atom. The fourth-order valence-electron chi connectivity index (χ4n) is 3.35. The van der Waals surface area contributed by atoms with Crippen molar-refractivity contribution in [1.29, 1.82) is 0 Å². The van der Waals surface area contributed by atoms with E-state index in [1.54, 1.807) is 27.1 Å². The van der Waals surface area contributed by atoms with Gasteiger partial charge in [0.15, 0.2) is 0 Å². The minimum absolute atomic E-state index is 0.160. The van der Waals surface area contributed by atoms with Crippen LogP contribution in [0, 0.1) is 0 Å². The molecule has 170 valence electrons. The fraction of sp³-hybridized carbons (Fsp3) is 0.778. The van der Waals surface area contributed by atoms with Crippen LogP contribution >= 0.6 is 7.82 Å². The van der Waals surface area contributed by atoms with Gasteiger partial charge in [-0.1, -0.05) is 0 Å². The first-order chi connectivity index (χ1) is 13.7. The Morgan fingerprint density at radius 2 is 2.03 bits per heavy atom. The molecule has 12 heteroatoms. The number of fused-ring (bicyclic) bond motifs is 1. The van der Waals surface area contributed by atoms with Crippen LogP contribution in [-0.2, 0) is 23.1 Å². The maximum absolute atomic E-state index is 12.3. The summed E-state index contributed by atoms with van der Waals surface area (Å²) < 4.78 is 36.8. The van der Waals surface area contributed by atoms with Gasteiger partial charge in [0.2, 0.25) is 0 Å². The number of anilines is 1. The average Bonchev–Trinajstić information content (AvgIpc) is 3.14. The lowest BCUT2D eigenvalue weighted by Gasteiger charge is -2.28. The summed E-state index contributed by atoms with van der Waals surface area (Å²) in [4.78, 5) is 18.4. The van der Waals surface area contributed by atoms with Crippen LogP contribution in [0.3, 0.4) is 0 Å². The van der Waals surface area contributed by atoms with Gasteiger partial charge in [0.05, 0.1) is 36.6 Å². The van der Waals surface area contributed by atoms with E-state index in [2.05, 4.69) is 15.3 Å². The van der Waals surface area contributed by atoms with E-state index in [0.717, 1.165) is 0 Å². The highest BCUT2D eigenvalue weighted by Gasteiger charge is 2.42. The van der Waals surface area contributed by atoms with Crippen LogP contribution in [0.15, 0.2) is 11.3 Å². The molecule has 0 aliphatic carbocycles. The summed E-state index contributed by atoms with van der Waals surface area (Å²) in [5.41, 5.74) is 5.32. The number of ether oxygens (including phenoxy) is 2. The van der Waals surface area contributed by atoms with Crippen LogP contribution in [0.1, 0.15) is 66.1 Å². The maximum atomic E-state index is 12.3. The summed E-state index contributed by atoms with van der Waals surface area (Å²) in [6, 6.07) is 0. The highest BCUT2D eigenvalue weighted by Crippen LogP contribution is 2.48. The van der Waals surface area contributed by atoms with Crippen molar-refractivity contribution in [2.24, 2.45) is 10.7 Å². The number of nitrogens with two attached hydrogens (primary N) is 1. The number of aromatic nitrogens is 2. The average molecular weight is 445 g/mol. The lowest BCUT2D eigenvalue weighted by Crippen LogP contribution is -2.35. The highest BCUT2D eigenvalue weighted by atomic mass is 31.2. The largest absolute Gasteiger partial charge is 0.472 e. The minimum Gasteiger partial charge on any atom is -0.370 e. The Labute approximate surface area is 176 Å². The number of nitrogens with zero attached hydrogens (tertiary/aromatic N) is 3. The highest BCUT2D eigenvalue weighted by molar-refractivity contribution is 7.47. The molecule has 4 N–H and O–H groups in total. The van der Waals surface area contributed by atoms with Gasteiger partial charge in [0.25, 0.3) is 0 Å². The van der Waals surface area contributed by atoms with Crippen molar-refractivity contribution in [3.8, 4) is 0 Å². The zero-order valence-electron chi connectivity index (χ0n) is 18.2. The SMILES string of the molecule is CC(C)(C)OC1C[C@H](n2cnc3c2NC=NC3N)OC1COP(=O)(O)OC(C)(C)C. The molecule has 2 aliphatic rings. The van der Waals surface area contributed by atoms with E-state index in [1.807, 2.05) is 25.3 Å². The van der Waals surface area contributed by atoms with Crippen LogP contribution in [0.2, 0.25) is 0 Å². The maximum Gasteiger partial charge on any atom is 0.472 e. The van der Waals surface area contributed by atoms with Crippen molar-refractivity contribution in [2.75, 3.05) is 11.9 Å². The van der Waals surface area contributed by atoms with Crippen molar-refractivity contribution in [3.05, 3.63) is 12.0 Å². The molecule has 1 fully saturated rings. The third-order valence-electron chi connectivity index (χ3n) is 4.33. The zero-order chi connectivity index (χ0) is 22.3. The van der Waals surface area contributed by atoms with Crippen LogP contribution in [0.5, 0.6) is 0 Å². The number of aliphatic imine (C=N–C) groups is 1. The molecule has 1 aromatic rings. The third-order valence-corrected chi connectivity index (χ3v) is 5.58. The molecule has 4 unspecified atom stereocenters. The molecule has 0 radical (unpaired) electrons. The van der Waals surface area contributed by atoms with E-state index >= 15 is 0 Å². The second-order valence-corrected chi connectivity index (χ2v) is 10.7. The Morgan fingerprint density at radius 1 is 1.33 bits per heavy atom. The summed E-state index contributed by atoms with van der Waals surface area (Å²) in [6.45, 7) is 10.7. The quantitative estimate of drug-likeness (QED) is 0.563. The van der Waals surface area contributed by atoms with E-state index in [1.165, 1.54) is 6.34 Å². The monoisotopic (exact) mass is 445 g/mol. The summed E-state index contributed by atoms with van der Waals surface area (Å²) in [5, 5.41) is 3.05. The lowest BCUT2D eigenvalue weighted by molar-refractivity contribution is -0.106. The van der Waals surface area contributed by atoms with Crippen LogP contribution in [-0.4, -0.2) is 50.8 Å². The normalized spacial score (nSPS) is 28.8. The predicted octanol–water partition coefficient (Wildman–Crippen LogP) is 2.70. The summed E-state index contributed by atoms with van der Waals surface area (Å²) in [6.07, 6.45) is 1.74. The summed E-state index contributed by atoms with van der Waals surface area (Å²) >= 11 is 0. The molecule has 1 saturated heterocycles. The molecule has 3 rings (SSSR count). The molecule has 0 aromatic carbocycles. The Bertz CT molecular complexity index is 830. The smallest absolute Gasteiger partial charge is 0.370 e. The van der Waals surface area contributed by atoms with Crippen molar-refractivity contribution < 1.29 is 28.0 Å². The van der Waals surface area contributed by atoms with Gasteiger partial charge in [-0.05, 0) is 41.5 Å². The Kier molecular flexibility index (Phi) is 6.46. The second kappa shape index (κ2) is 8.31. The van der Waals surface area contributed by atoms with Gasteiger partial charge in [-0.25, -0.2) is 9.55 Å². The first-order valence-electron chi connectivity index (χ1n) is 9.86. The number of nitrogens with one attached hydrogen (secondary N) is 1. The number of phosphoric ester groups is 1. The first-order valence-corrected chi connectivity index (χ1v) is 11.4. The van der Waals surface area contributed by atoms with Gasteiger partial charge in [-0.2, -0.15) is 0 Å². The van der Waals surface area contributed by atoms with E-state index in [4.69, 9.17) is 24.3 Å². The molecule has 5 atom stereocenters. The van der Waals surface area contributed by atoms with Crippen molar-refractivity contribution in [1.82, 2.24) is 9.55 Å². The van der Waals surface area contributed by atoms with Crippen molar-refractivity contribution in [2.45, 2.75) is 83.8 Å². The Balaban J connectivity index is 1.75. The Hall–Kier alpha value is -1.33. The molecule has 2 aliphatic heterocycles. The molecule has 0 spiro atoms. The van der Waals surface area contributed by atoms with Crippen molar-refractivity contribution in [3.63, 3.8) is 0 Å². The zero-order valence-corrected chi connectivity index (χ0v) is 19.1.